The summed E-state index contributed by atoms with van der Waals surface area (Å²) in [4.78, 5) is 19.1. The molecule has 0 aliphatic carbocycles. The summed E-state index contributed by atoms with van der Waals surface area (Å²) in [7, 11) is 1.84. The number of rotatable bonds is 6. The average molecular weight is 466 g/mol. The van der Waals surface area contributed by atoms with Crippen LogP contribution in [0.15, 0.2) is 79.0 Å². The molecule has 1 unspecified atom stereocenters. The summed E-state index contributed by atoms with van der Waals surface area (Å²) in [5.41, 5.74) is 2.34. The fraction of sp³-hybridized carbons (Fsp3) is 0.120. The standard InChI is InChI=1S/C25H21Cl2N3O2/c1-30(16-8-3-2-4-9-16)15-22(31)29-23(17-10-5-6-12-20(17)26)19-14-21(27)18-11-7-13-28-24(18)25(19)32/h2-14,23,32H,15H2,1H3,(H,29,31). The Hall–Kier alpha value is -3.28. The molecule has 1 atom stereocenters. The third-order valence-corrected chi connectivity index (χ3v) is 5.91. The van der Waals surface area contributed by atoms with E-state index < -0.39 is 6.04 Å². The fourth-order valence-corrected chi connectivity index (χ4v) is 4.17. The molecule has 0 radical (unpaired) electrons. The summed E-state index contributed by atoms with van der Waals surface area (Å²) in [5, 5.41) is 15.6. The Morgan fingerprint density at radius 2 is 1.72 bits per heavy atom. The molecule has 0 saturated heterocycles. The largest absolute Gasteiger partial charge is 0.505 e. The van der Waals surface area contributed by atoms with Crippen molar-refractivity contribution in [1.82, 2.24) is 10.3 Å². The first-order valence-corrected chi connectivity index (χ1v) is 10.8. The molecule has 32 heavy (non-hydrogen) atoms. The first kappa shape index (κ1) is 21.9. The first-order valence-electron chi connectivity index (χ1n) is 10.0. The lowest BCUT2D eigenvalue weighted by Crippen LogP contribution is -2.37. The highest BCUT2D eigenvalue weighted by Crippen LogP contribution is 2.39. The Labute approximate surface area is 196 Å². The summed E-state index contributed by atoms with van der Waals surface area (Å²) < 4.78 is 0. The smallest absolute Gasteiger partial charge is 0.240 e. The lowest BCUT2D eigenvalue weighted by atomic mass is 9.96. The number of para-hydroxylation sites is 1. The van der Waals surface area contributed by atoms with E-state index in [4.69, 9.17) is 23.2 Å². The number of amides is 1. The first-order chi connectivity index (χ1) is 15.5. The molecule has 4 aromatic rings. The van der Waals surface area contributed by atoms with Gasteiger partial charge >= 0.3 is 0 Å². The Morgan fingerprint density at radius 3 is 2.47 bits per heavy atom. The predicted octanol–water partition coefficient (Wildman–Crippen LogP) is 5.59. The number of phenolic OH excluding ortho intramolecular Hbond substituents is 1. The third-order valence-electron chi connectivity index (χ3n) is 5.26. The number of anilines is 1. The van der Waals surface area contributed by atoms with Crippen molar-refractivity contribution >= 4 is 45.7 Å². The number of nitrogens with zero attached hydrogens (tertiary/aromatic N) is 2. The Morgan fingerprint density at radius 1 is 1.00 bits per heavy atom. The third kappa shape index (κ3) is 4.49. The number of halogens is 2. The highest BCUT2D eigenvalue weighted by molar-refractivity contribution is 6.35. The number of nitrogens with one attached hydrogen (secondary N) is 1. The monoisotopic (exact) mass is 465 g/mol. The molecule has 0 saturated carbocycles. The van der Waals surface area contributed by atoms with Crippen LogP contribution in [0, 0.1) is 0 Å². The minimum atomic E-state index is -0.718. The van der Waals surface area contributed by atoms with Crippen LogP contribution in [0.2, 0.25) is 10.0 Å². The summed E-state index contributed by atoms with van der Waals surface area (Å²) in [6.07, 6.45) is 1.58. The molecule has 0 aliphatic rings. The van der Waals surface area contributed by atoms with Gasteiger partial charge in [0.05, 0.1) is 17.6 Å². The van der Waals surface area contributed by atoms with Crippen LogP contribution in [0.5, 0.6) is 5.75 Å². The van der Waals surface area contributed by atoms with E-state index in [0.717, 1.165) is 5.69 Å². The van der Waals surface area contributed by atoms with Crippen LogP contribution in [0.25, 0.3) is 10.9 Å². The zero-order valence-corrected chi connectivity index (χ0v) is 18.8. The normalized spacial score (nSPS) is 11.8. The molecule has 5 nitrogen and oxygen atoms in total. The number of hydrogen-bond donors (Lipinski definition) is 2. The van der Waals surface area contributed by atoms with E-state index >= 15 is 0 Å². The molecule has 162 valence electrons. The van der Waals surface area contributed by atoms with E-state index in [-0.39, 0.29) is 18.2 Å². The number of benzene rings is 3. The van der Waals surface area contributed by atoms with E-state index in [0.29, 0.717) is 32.1 Å². The lowest BCUT2D eigenvalue weighted by molar-refractivity contribution is -0.120. The molecule has 1 heterocycles. The maximum absolute atomic E-state index is 13.0. The van der Waals surface area contributed by atoms with E-state index in [1.54, 1.807) is 30.5 Å². The molecule has 3 aromatic carbocycles. The Balaban J connectivity index is 1.72. The van der Waals surface area contributed by atoms with E-state index in [2.05, 4.69) is 10.3 Å². The molecule has 1 amide bonds. The van der Waals surface area contributed by atoms with Crippen LogP contribution in [0.4, 0.5) is 5.69 Å². The van der Waals surface area contributed by atoms with Gasteiger partial charge in [-0.2, -0.15) is 0 Å². The van der Waals surface area contributed by atoms with Gasteiger partial charge in [0.1, 0.15) is 11.3 Å². The van der Waals surface area contributed by atoms with Gasteiger partial charge in [0.25, 0.3) is 0 Å². The minimum Gasteiger partial charge on any atom is -0.505 e. The SMILES string of the molecule is CN(CC(=O)NC(c1ccccc1Cl)c1cc(Cl)c2cccnc2c1O)c1ccccc1. The van der Waals surface area contributed by atoms with Gasteiger partial charge in [-0.3, -0.25) is 9.78 Å². The number of carbonyl (C=O) groups excluding carboxylic acids is 1. The average Bonchev–Trinajstić information content (AvgIpc) is 2.81. The maximum atomic E-state index is 13.0. The second-order valence-corrected chi connectivity index (χ2v) is 8.22. The fourth-order valence-electron chi connectivity index (χ4n) is 3.65. The van der Waals surface area contributed by atoms with Crippen molar-refractivity contribution in [3.8, 4) is 5.75 Å². The van der Waals surface area contributed by atoms with Crippen molar-refractivity contribution in [1.29, 1.82) is 0 Å². The topological polar surface area (TPSA) is 65.5 Å². The molecule has 0 spiro atoms. The molecule has 0 bridgehead atoms. The van der Waals surface area contributed by atoms with Crippen LogP contribution in [-0.2, 0) is 4.79 Å². The molecule has 7 heteroatoms. The highest BCUT2D eigenvalue weighted by Gasteiger charge is 2.25. The number of fused-ring (bicyclic) bond motifs is 1. The molecule has 0 aliphatic heterocycles. The van der Waals surface area contributed by atoms with Gasteiger partial charge in [-0.1, -0.05) is 59.6 Å². The predicted molar refractivity (Wildman–Crippen MR) is 130 cm³/mol. The van der Waals surface area contributed by atoms with Crippen LogP contribution in [-0.4, -0.2) is 29.6 Å². The quantitative estimate of drug-likeness (QED) is 0.389. The van der Waals surface area contributed by atoms with Crippen LogP contribution >= 0.6 is 23.2 Å². The summed E-state index contributed by atoms with van der Waals surface area (Å²) in [6, 6.07) is 21.3. The van der Waals surface area contributed by atoms with Crippen molar-refractivity contribution < 1.29 is 9.90 Å². The second-order valence-electron chi connectivity index (χ2n) is 7.41. The number of carbonyl (C=O) groups is 1. The van der Waals surface area contributed by atoms with Crippen molar-refractivity contribution in [3.63, 3.8) is 0 Å². The number of pyridine rings is 1. The number of likely N-dealkylation sites (N-methyl/N-ethyl adjacent to an activating group) is 1. The highest BCUT2D eigenvalue weighted by atomic mass is 35.5. The van der Waals surface area contributed by atoms with Gasteiger partial charge in [0.2, 0.25) is 5.91 Å². The van der Waals surface area contributed by atoms with Gasteiger partial charge < -0.3 is 15.3 Å². The Bertz CT molecular complexity index is 1260. The van der Waals surface area contributed by atoms with Gasteiger partial charge in [0, 0.05) is 34.9 Å². The van der Waals surface area contributed by atoms with Gasteiger partial charge in [-0.15, -0.1) is 0 Å². The maximum Gasteiger partial charge on any atom is 0.240 e. The Kier molecular flexibility index (Phi) is 6.49. The van der Waals surface area contributed by atoms with Crippen molar-refractivity contribution in [2.24, 2.45) is 0 Å². The number of hydrogen-bond acceptors (Lipinski definition) is 4. The second kappa shape index (κ2) is 9.47. The van der Waals surface area contributed by atoms with Crippen LogP contribution in [0.1, 0.15) is 17.2 Å². The minimum absolute atomic E-state index is 0.0494. The van der Waals surface area contributed by atoms with E-state index in [1.165, 1.54) is 0 Å². The molecule has 4 rings (SSSR count). The van der Waals surface area contributed by atoms with Crippen molar-refractivity contribution in [2.75, 3.05) is 18.5 Å². The molecular formula is C25H21Cl2N3O2. The summed E-state index contributed by atoms with van der Waals surface area (Å²) in [5.74, 6) is -0.287. The number of aromatic nitrogens is 1. The zero-order chi connectivity index (χ0) is 22.7. The molecule has 1 aromatic heterocycles. The van der Waals surface area contributed by atoms with E-state index in [1.807, 2.05) is 60.5 Å². The molecule has 2 N–H and O–H groups in total. The van der Waals surface area contributed by atoms with Crippen molar-refractivity contribution in [3.05, 3.63) is 100 Å². The van der Waals surface area contributed by atoms with Gasteiger partial charge in [-0.25, -0.2) is 0 Å². The molecular weight excluding hydrogens is 445 g/mol. The summed E-state index contributed by atoms with van der Waals surface area (Å²) in [6.45, 7) is 0.116. The zero-order valence-electron chi connectivity index (χ0n) is 17.3. The van der Waals surface area contributed by atoms with Crippen LogP contribution in [0.3, 0.4) is 0 Å². The van der Waals surface area contributed by atoms with Gasteiger partial charge in [0.15, 0.2) is 0 Å². The lowest BCUT2D eigenvalue weighted by Gasteiger charge is -2.25. The number of phenols is 1. The van der Waals surface area contributed by atoms with Crippen LogP contribution < -0.4 is 10.2 Å². The van der Waals surface area contributed by atoms with Crippen molar-refractivity contribution in [2.45, 2.75) is 6.04 Å². The van der Waals surface area contributed by atoms with Gasteiger partial charge in [-0.05, 0) is 42.0 Å². The molecule has 0 fully saturated rings. The number of aromatic hydroxyl groups is 1. The summed E-state index contributed by atoms with van der Waals surface area (Å²) >= 11 is 13.0. The van der Waals surface area contributed by atoms with E-state index in [9.17, 15) is 9.90 Å².